The molecule has 0 bridgehead atoms. The lowest BCUT2D eigenvalue weighted by molar-refractivity contribution is -0.0000361. The van der Waals surface area contributed by atoms with Gasteiger partial charge in [0.2, 0.25) is 0 Å². The lowest BCUT2D eigenvalue weighted by Crippen LogP contribution is -3.00. The van der Waals surface area contributed by atoms with E-state index in [-0.39, 0.29) is 22.9 Å². The second kappa shape index (κ2) is 8.18. The predicted octanol–water partition coefficient (Wildman–Crippen LogP) is 1.84. The summed E-state index contributed by atoms with van der Waals surface area (Å²) in [6.45, 7) is 4.74. The largest absolute Gasteiger partial charge is 1.00 e. The van der Waals surface area contributed by atoms with Crippen LogP contribution in [-0.4, -0.2) is 18.8 Å². The van der Waals surface area contributed by atoms with Gasteiger partial charge in [-0.1, -0.05) is 19.1 Å². The molecule has 5 heteroatoms. The van der Waals surface area contributed by atoms with Crippen molar-refractivity contribution in [3.63, 3.8) is 0 Å². The van der Waals surface area contributed by atoms with Crippen LogP contribution in [0.15, 0.2) is 59.8 Å². The number of benzene rings is 2. The number of ether oxygens (including phenoxy) is 2. The van der Waals surface area contributed by atoms with Gasteiger partial charge in [-0.05, 0) is 68.2 Å². The zero-order valence-corrected chi connectivity index (χ0v) is 18.2. The molecule has 1 aliphatic carbocycles. The number of hydrogen-bond donors (Lipinski definition) is 1. The first-order chi connectivity index (χ1) is 13.1. The fourth-order valence-corrected chi connectivity index (χ4v) is 4.54. The van der Waals surface area contributed by atoms with E-state index >= 15 is 0 Å². The zero-order chi connectivity index (χ0) is 19.0. The fraction of sp³-hybridized carbons (Fsp3) is 0.391. The Labute approximate surface area is 177 Å². The van der Waals surface area contributed by atoms with E-state index in [1.165, 1.54) is 11.3 Å². The summed E-state index contributed by atoms with van der Waals surface area (Å²) in [6, 6.07) is 15.8. The first-order valence-electron chi connectivity index (χ1n) is 9.71. The fourth-order valence-electron chi connectivity index (χ4n) is 4.54. The normalized spacial score (nSPS) is 23.4. The topological polar surface area (TPSA) is 41.9 Å². The first-order valence-corrected chi connectivity index (χ1v) is 9.71. The molecule has 0 fully saturated rings. The summed E-state index contributed by atoms with van der Waals surface area (Å²) in [7, 11) is 1.67. The first kappa shape index (κ1) is 20.7. The highest BCUT2D eigenvalue weighted by atomic mass is 79.9. The summed E-state index contributed by atoms with van der Waals surface area (Å²) in [5, 5.41) is 12.0. The van der Waals surface area contributed by atoms with E-state index < -0.39 is 5.72 Å². The molecule has 4 nitrogen and oxygen atoms in total. The lowest BCUT2D eigenvalue weighted by atomic mass is 9.86. The highest BCUT2D eigenvalue weighted by Crippen LogP contribution is 2.54. The third kappa shape index (κ3) is 3.20. The Morgan fingerprint density at radius 3 is 2.29 bits per heavy atom. The average molecular weight is 445 g/mol. The van der Waals surface area contributed by atoms with Crippen LogP contribution >= 0.6 is 0 Å². The molecular weight excluding hydrogens is 418 g/mol. The summed E-state index contributed by atoms with van der Waals surface area (Å²) in [4.78, 5) is 2.13. The molecule has 2 aliphatic rings. The molecular formula is C23H27BrNO3-. The Kier molecular flexibility index (Phi) is 6.06. The molecule has 28 heavy (non-hydrogen) atoms. The van der Waals surface area contributed by atoms with Gasteiger partial charge >= 0.3 is 0 Å². The molecule has 2 aromatic rings. The minimum absolute atomic E-state index is 0. The minimum atomic E-state index is -1.09. The smallest absolute Gasteiger partial charge is 0.174 e. The number of hydrogen-bond acceptors (Lipinski definition) is 4. The zero-order valence-electron chi connectivity index (χ0n) is 16.6. The highest BCUT2D eigenvalue weighted by molar-refractivity contribution is 5.63. The summed E-state index contributed by atoms with van der Waals surface area (Å²) in [5.74, 6) is 1.68. The standard InChI is InChI=1S/C23H27NO3.BrH/c1-4-27-20-12-8-17(9-13-20)23(25)16(2)21-6-5-7-22(21)24(23)18-10-14-19(26-3)15-11-18;/h8-16,25H,4-7H2,1-3H3;1H/p-1. The number of allylic oxidation sites excluding steroid dienone is 1. The van der Waals surface area contributed by atoms with Crippen LogP contribution in [0.3, 0.4) is 0 Å². The molecule has 1 heterocycles. The van der Waals surface area contributed by atoms with Crippen LogP contribution in [-0.2, 0) is 5.72 Å². The second-order valence-corrected chi connectivity index (χ2v) is 7.26. The van der Waals surface area contributed by atoms with Gasteiger partial charge in [0, 0.05) is 22.9 Å². The van der Waals surface area contributed by atoms with Gasteiger partial charge in [0.05, 0.1) is 13.7 Å². The van der Waals surface area contributed by atoms with Crippen molar-refractivity contribution in [1.29, 1.82) is 0 Å². The van der Waals surface area contributed by atoms with Gasteiger partial charge in [0.15, 0.2) is 5.72 Å². The minimum Gasteiger partial charge on any atom is -1.00 e. The Bertz CT molecular complexity index is 847. The molecule has 1 N–H and O–H groups in total. The Morgan fingerprint density at radius 2 is 1.68 bits per heavy atom. The van der Waals surface area contributed by atoms with Crippen molar-refractivity contribution in [3.05, 3.63) is 65.4 Å². The summed E-state index contributed by atoms with van der Waals surface area (Å²) < 4.78 is 10.9. The van der Waals surface area contributed by atoms with Gasteiger partial charge in [-0.25, -0.2) is 0 Å². The van der Waals surface area contributed by atoms with Crippen LogP contribution in [0.2, 0.25) is 0 Å². The number of halogens is 1. The third-order valence-corrected chi connectivity index (χ3v) is 5.89. The number of aliphatic hydroxyl groups is 1. The van der Waals surface area contributed by atoms with Crippen LogP contribution in [0.1, 0.15) is 38.7 Å². The molecule has 2 aromatic carbocycles. The van der Waals surface area contributed by atoms with E-state index in [2.05, 4.69) is 11.8 Å². The summed E-state index contributed by atoms with van der Waals surface area (Å²) in [5.41, 5.74) is 3.44. The molecule has 0 radical (unpaired) electrons. The highest BCUT2D eigenvalue weighted by Gasteiger charge is 2.52. The molecule has 0 aromatic heterocycles. The lowest BCUT2D eigenvalue weighted by Gasteiger charge is -2.41. The molecule has 0 saturated carbocycles. The monoisotopic (exact) mass is 444 g/mol. The van der Waals surface area contributed by atoms with Gasteiger partial charge in [-0.3, -0.25) is 0 Å². The van der Waals surface area contributed by atoms with E-state index in [4.69, 9.17) is 9.47 Å². The van der Waals surface area contributed by atoms with Crippen LogP contribution in [0.5, 0.6) is 11.5 Å². The van der Waals surface area contributed by atoms with E-state index in [1.54, 1.807) is 7.11 Å². The molecule has 2 unspecified atom stereocenters. The maximum absolute atomic E-state index is 12.0. The molecule has 2 atom stereocenters. The summed E-state index contributed by atoms with van der Waals surface area (Å²) >= 11 is 0. The van der Waals surface area contributed by atoms with Crippen molar-refractivity contribution in [2.75, 3.05) is 18.6 Å². The summed E-state index contributed by atoms with van der Waals surface area (Å²) in [6.07, 6.45) is 3.22. The molecule has 0 spiro atoms. The van der Waals surface area contributed by atoms with E-state index in [0.29, 0.717) is 6.61 Å². The van der Waals surface area contributed by atoms with Gasteiger partial charge in [0.1, 0.15) is 11.5 Å². The van der Waals surface area contributed by atoms with Crippen LogP contribution in [0.4, 0.5) is 5.69 Å². The van der Waals surface area contributed by atoms with Crippen LogP contribution < -0.4 is 31.4 Å². The second-order valence-electron chi connectivity index (χ2n) is 7.26. The van der Waals surface area contributed by atoms with Gasteiger partial charge in [-0.15, -0.1) is 0 Å². The van der Waals surface area contributed by atoms with E-state index in [0.717, 1.165) is 42.0 Å². The maximum Gasteiger partial charge on any atom is 0.174 e. The average Bonchev–Trinajstić information content (AvgIpc) is 3.24. The van der Waals surface area contributed by atoms with E-state index in [9.17, 15) is 5.11 Å². The molecule has 1 aliphatic heterocycles. The Morgan fingerprint density at radius 1 is 1.04 bits per heavy atom. The van der Waals surface area contributed by atoms with Crippen molar-refractivity contribution in [1.82, 2.24) is 0 Å². The van der Waals surface area contributed by atoms with Crippen molar-refractivity contribution >= 4 is 5.69 Å². The molecule has 0 saturated heterocycles. The van der Waals surface area contributed by atoms with Crippen molar-refractivity contribution in [2.24, 2.45) is 5.92 Å². The molecule has 0 amide bonds. The van der Waals surface area contributed by atoms with Crippen LogP contribution in [0, 0.1) is 5.92 Å². The van der Waals surface area contributed by atoms with E-state index in [1.807, 2.05) is 55.5 Å². The third-order valence-electron chi connectivity index (χ3n) is 5.89. The number of methoxy groups -OCH3 is 1. The van der Waals surface area contributed by atoms with Gasteiger partial charge in [-0.2, -0.15) is 0 Å². The Hall–Kier alpha value is -1.98. The van der Waals surface area contributed by atoms with Gasteiger partial charge in [0.25, 0.3) is 0 Å². The van der Waals surface area contributed by atoms with Crippen molar-refractivity contribution in [2.45, 2.75) is 38.8 Å². The van der Waals surface area contributed by atoms with Gasteiger partial charge < -0.3 is 36.5 Å². The predicted molar refractivity (Wildman–Crippen MR) is 107 cm³/mol. The Balaban J connectivity index is 0.00000225. The molecule has 4 rings (SSSR count). The number of anilines is 1. The maximum atomic E-state index is 12.0. The molecule has 150 valence electrons. The van der Waals surface area contributed by atoms with Crippen LogP contribution in [0.25, 0.3) is 0 Å². The van der Waals surface area contributed by atoms with Crippen molar-refractivity contribution in [3.8, 4) is 11.5 Å². The van der Waals surface area contributed by atoms with Crippen molar-refractivity contribution < 1.29 is 31.6 Å². The number of rotatable bonds is 5. The quantitative estimate of drug-likeness (QED) is 0.763. The number of nitrogens with zero attached hydrogens (tertiary/aromatic N) is 1. The SMILES string of the molecule is CCOc1ccc(C2(O)C(C)C3=C(CCC3)N2c2ccc(OC)cc2)cc1.[Br-].